The van der Waals surface area contributed by atoms with Crippen LogP contribution in [0.2, 0.25) is 0 Å². The number of imidazole rings is 1. The molecule has 8 heteroatoms. The van der Waals surface area contributed by atoms with E-state index in [1.807, 2.05) is 6.07 Å². The lowest BCUT2D eigenvalue weighted by Gasteiger charge is -2.36. The van der Waals surface area contributed by atoms with Crippen molar-refractivity contribution in [2.24, 2.45) is 0 Å². The number of piperazine rings is 1. The van der Waals surface area contributed by atoms with Gasteiger partial charge in [-0.2, -0.15) is 0 Å². The number of anilines is 1. The van der Waals surface area contributed by atoms with Gasteiger partial charge in [0.05, 0.1) is 12.1 Å². The molecule has 135 valence electrons. The summed E-state index contributed by atoms with van der Waals surface area (Å²) in [5, 5.41) is 0. The molecule has 1 aliphatic heterocycles. The molecule has 0 unspecified atom stereocenters. The van der Waals surface area contributed by atoms with Gasteiger partial charge in [0, 0.05) is 38.8 Å². The van der Waals surface area contributed by atoms with Gasteiger partial charge in [-0.25, -0.2) is 14.3 Å². The highest BCUT2D eigenvalue weighted by Crippen LogP contribution is 2.18. The van der Waals surface area contributed by atoms with E-state index in [9.17, 15) is 9.59 Å². The van der Waals surface area contributed by atoms with E-state index in [0.717, 1.165) is 43.1 Å². The van der Waals surface area contributed by atoms with Crippen LogP contribution < -0.4 is 10.5 Å². The van der Waals surface area contributed by atoms with Crippen LogP contribution in [-0.4, -0.2) is 64.9 Å². The van der Waals surface area contributed by atoms with Crippen molar-refractivity contribution in [3.05, 3.63) is 28.7 Å². The van der Waals surface area contributed by atoms with Crippen molar-refractivity contribution in [3.8, 4) is 0 Å². The van der Waals surface area contributed by atoms with Gasteiger partial charge in [-0.05, 0) is 12.8 Å². The summed E-state index contributed by atoms with van der Waals surface area (Å²) in [7, 11) is 0. The maximum Gasteiger partial charge on any atom is 0.419 e. The molecule has 8 nitrogen and oxygen atoms in total. The second-order valence-corrected chi connectivity index (χ2v) is 6.50. The van der Waals surface area contributed by atoms with Gasteiger partial charge < -0.3 is 14.6 Å². The second-order valence-electron chi connectivity index (χ2n) is 6.50. The highest BCUT2D eigenvalue weighted by atomic mass is 16.5. The van der Waals surface area contributed by atoms with E-state index in [4.69, 9.17) is 4.74 Å². The number of ether oxygens (including phenoxy) is 1. The third-order valence-electron chi connectivity index (χ3n) is 4.24. The van der Waals surface area contributed by atoms with E-state index >= 15 is 0 Å². The topological polar surface area (TPSA) is 83.5 Å². The average molecular weight is 346 g/mol. The Kier molecular flexibility index (Phi) is 5.08. The van der Waals surface area contributed by atoms with Crippen molar-refractivity contribution >= 4 is 22.9 Å². The number of carbonyl (C=O) groups excluding carboxylic acids is 1. The average Bonchev–Trinajstić information content (AvgIpc) is 3.00. The molecular formula is C17H24N5O3. The van der Waals surface area contributed by atoms with Crippen molar-refractivity contribution in [3.63, 3.8) is 0 Å². The fraction of sp³-hybridized carbons (Fsp3) is 0.529. The normalized spacial score (nSPS) is 15.9. The van der Waals surface area contributed by atoms with Crippen LogP contribution in [0.1, 0.15) is 20.8 Å². The molecule has 1 N–H and O–H groups in total. The highest BCUT2D eigenvalue weighted by Gasteiger charge is 2.21. The molecule has 1 fully saturated rings. The van der Waals surface area contributed by atoms with E-state index in [0.29, 0.717) is 5.52 Å². The van der Waals surface area contributed by atoms with Gasteiger partial charge in [-0.15, -0.1) is 0 Å². The molecule has 1 radical (unpaired) electrons. The zero-order valence-corrected chi connectivity index (χ0v) is 14.9. The summed E-state index contributed by atoms with van der Waals surface area (Å²) < 4.78 is 6.10. The van der Waals surface area contributed by atoms with Crippen LogP contribution >= 0.6 is 0 Å². The summed E-state index contributed by atoms with van der Waals surface area (Å²) in [4.78, 5) is 36.0. The van der Waals surface area contributed by atoms with Crippen LogP contribution in [0.4, 0.5) is 10.6 Å². The van der Waals surface area contributed by atoms with Crippen molar-refractivity contribution in [1.29, 1.82) is 0 Å². The molecule has 0 amide bonds. The molecule has 0 saturated carbocycles. The van der Waals surface area contributed by atoms with E-state index in [2.05, 4.69) is 33.6 Å². The number of aromatic amines is 1. The van der Waals surface area contributed by atoms with Crippen molar-refractivity contribution in [2.75, 3.05) is 44.2 Å². The first kappa shape index (κ1) is 17.5. The fourth-order valence-corrected chi connectivity index (χ4v) is 3.13. The molecule has 0 bridgehead atoms. The lowest BCUT2D eigenvalue weighted by molar-refractivity contribution is 0.155. The zero-order valence-electron chi connectivity index (χ0n) is 14.9. The Morgan fingerprint density at radius 3 is 2.64 bits per heavy atom. The standard InChI is InChI=1S/C17H24N5O3/c1-4-25-17(24)22-11-18-13-9-14(19-16(23)15(13)22)21-7-5-20(6-8-21)10-12(2)3/h9,11H,4-8,10H2,1-3H3,(H,19,23). The SMILES string of the molecule is CCOC(=O)n1cnc2cc(N3CCN(C[C](C)C)CC3)[nH]c(=O)c21. The van der Waals surface area contributed by atoms with Crippen molar-refractivity contribution in [1.82, 2.24) is 19.4 Å². The maximum atomic E-state index is 12.5. The minimum absolute atomic E-state index is 0.219. The van der Waals surface area contributed by atoms with Gasteiger partial charge in [-0.1, -0.05) is 13.8 Å². The number of H-pyrrole nitrogens is 1. The minimum Gasteiger partial charge on any atom is -0.449 e. The predicted octanol–water partition coefficient (Wildman–Crippen LogP) is 1.47. The number of carbonyl (C=O) groups is 1. The maximum absolute atomic E-state index is 12.5. The first-order valence-electron chi connectivity index (χ1n) is 8.53. The van der Waals surface area contributed by atoms with Gasteiger partial charge >= 0.3 is 6.09 Å². The smallest absolute Gasteiger partial charge is 0.419 e. The Labute approximate surface area is 146 Å². The van der Waals surface area contributed by atoms with E-state index < -0.39 is 6.09 Å². The van der Waals surface area contributed by atoms with Gasteiger partial charge in [0.25, 0.3) is 5.56 Å². The van der Waals surface area contributed by atoms with Crippen LogP contribution in [0.25, 0.3) is 11.0 Å². The fourth-order valence-electron chi connectivity index (χ4n) is 3.13. The lowest BCUT2D eigenvalue weighted by atomic mass is 10.2. The Bertz CT molecular complexity index is 802. The summed E-state index contributed by atoms with van der Waals surface area (Å²) in [5.41, 5.74) is 0.377. The second kappa shape index (κ2) is 7.26. The van der Waals surface area contributed by atoms with Gasteiger partial charge in [0.1, 0.15) is 17.7 Å². The van der Waals surface area contributed by atoms with E-state index in [-0.39, 0.29) is 17.7 Å². The summed E-state index contributed by atoms with van der Waals surface area (Å²) in [5.74, 6) is 2.14. The number of fused-ring (bicyclic) bond motifs is 1. The predicted molar refractivity (Wildman–Crippen MR) is 96.0 cm³/mol. The van der Waals surface area contributed by atoms with Crippen LogP contribution in [-0.2, 0) is 4.74 Å². The summed E-state index contributed by atoms with van der Waals surface area (Å²) in [6.07, 6.45) is 0.738. The third-order valence-corrected chi connectivity index (χ3v) is 4.24. The van der Waals surface area contributed by atoms with Crippen LogP contribution in [0.5, 0.6) is 0 Å². The largest absolute Gasteiger partial charge is 0.449 e. The van der Waals surface area contributed by atoms with Gasteiger partial charge in [0.2, 0.25) is 0 Å². The Morgan fingerprint density at radius 2 is 2.00 bits per heavy atom. The molecule has 0 aromatic carbocycles. The number of rotatable bonds is 4. The number of nitrogens with zero attached hydrogens (tertiary/aromatic N) is 4. The molecule has 3 rings (SSSR count). The van der Waals surface area contributed by atoms with Crippen LogP contribution in [0.15, 0.2) is 17.2 Å². The Balaban J connectivity index is 1.81. The van der Waals surface area contributed by atoms with Crippen LogP contribution in [0.3, 0.4) is 0 Å². The molecule has 2 aromatic rings. The summed E-state index contributed by atoms with van der Waals surface area (Å²) >= 11 is 0. The molecule has 2 aromatic heterocycles. The Morgan fingerprint density at radius 1 is 1.28 bits per heavy atom. The molecule has 0 atom stereocenters. The van der Waals surface area contributed by atoms with Crippen molar-refractivity contribution < 1.29 is 9.53 Å². The lowest BCUT2D eigenvalue weighted by Crippen LogP contribution is -2.47. The highest BCUT2D eigenvalue weighted by molar-refractivity contribution is 5.87. The molecule has 0 spiro atoms. The van der Waals surface area contributed by atoms with E-state index in [1.54, 1.807) is 6.92 Å². The van der Waals surface area contributed by atoms with Crippen LogP contribution in [0, 0.1) is 5.92 Å². The number of hydrogen-bond acceptors (Lipinski definition) is 6. The van der Waals surface area contributed by atoms with Gasteiger partial charge in [-0.3, -0.25) is 9.69 Å². The monoisotopic (exact) mass is 346 g/mol. The molecule has 25 heavy (non-hydrogen) atoms. The first-order valence-corrected chi connectivity index (χ1v) is 8.53. The quantitative estimate of drug-likeness (QED) is 0.902. The molecule has 0 aliphatic carbocycles. The number of hydrogen-bond donors (Lipinski definition) is 1. The van der Waals surface area contributed by atoms with Gasteiger partial charge in [0.15, 0.2) is 0 Å². The minimum atomic E-state index is -0.594. The van der Waals surface area contributed by atoms with E-state index in [1.165, 1.54) is 12.2 Å². The first-order chi connectivity index (χ1) is 12.0. The number of aromatic nitrogens is 3. The molecule has 3 heterocycles. The number of nitrogens with one attached hydrogen (secondary N) is 1. The third kappa shape index (κ3) is 3.68. The molecule has 1 saturated heterocycles. The number of pyridine rings is 1. The molecular weight excluding hydrogens is 322 g/mol. The summed E-state index contributed by atoms with van der Waals surface area (Å²) in [6, 6.07) is 1.82. The Hall–Kier alpha value is -2.35. The zero-order chi connectivity index (χ0) is 18.0. The van der Waals surface area contributed by atoms with Crippen molar-refractivity contribution in [2.45, 2.75) is 20.8 Å². The summed E-state index contributed by atoms with van der Waals surface area (Å²) in [6.45, 7) is 10.8. The molecule has 1 aliphatic rings.